The molecule has 0 saturated heterocycles. The second kappa shape index (κ2) is 9.47. The van der Waals surface area contributed by atoms with E-state index in [1.807, 2.05) is 0 Å². The molecule has 0 radical (unpaired) electrons. The van der Waals surface area contributed by atoms with Crippen LogP contribution in [0.25, 0.3) is 0 Å². The van der Waals surface area contributed by atoms with Gasteiger partial charge in [0.15, 0.2) is 6.10 Å². The van der Waals surface area contributed by atoms with Gasteiger partial charge in [0.1, 0.15) is 11.8 Å². The van der Waals surface area contributed by atoms with E-state index in [1.54, 1.807) is 30.3 Å². The third-order valence-electron chi connectivity index (χ3n) is 4.13. The number of primary amides is 1. The Bertz CT molecular complexity index is 856. The maximum atomic E-state index is 12.6. The summed E-state index contributed by atoms with van der Waals surface area (Å²) in [5, 5.41) is 13.6. The number of nitrogens with zero attached hydrogens (tertiary/aromatic N) is 1. The number of ether oxygens (including phenoxy) is 2. The van der Waals surface area contributed by atoms with E-state index in [-0.39, 0.29) is 12.1 Å². The summed E-state index contributed by atoms with van der Waals surface area (Å²) in [6.07, 6.45) is -1.01. The number of rotatable bonds is 9. The van der Waals surface area contributed by atoms with Gasteiger partial charge in [0.2, 0.25) is 5.91 Å². The summed E-state index contributed by atoms with van der Waals surface area (Å²) in [5.41, 5.74) is 6.25. The van der Waals surface area contributed by atoms with Crippen molar-refractivity contribution in [3.63, 3.8) is 0 Å². The highest BCUT2D eigenvalue weighted by atomic mass is 16.6. The van der Waals surface area contributed by atoms with E-state index in [9.17, 15) is 19.7 Å². The first-order valence-electron chi connectivity index (χ1n) is 8.36. The SMILES string of the molecule is COc1ccc([N+](=O)[O-])cc1C[C@@H](NC(=O)[C@H](OC)c1ccccc1)C(N)=O. The van der Waals surface area contributed by atoms with E-state index in [4.69, 9.17) is 15.2 Å². The number of nitro benzene ring substituents is 1. The minimum atomic E-state index is -1.11. The summed E-state index contributed by atoms with van der Waals surface area (Å²) in [7, 11) is 2.78. The molecule has 0 aliphatic heterocycles. The number of nitro groups is 1. The number of amides is 2. The molecule has 0 unspecified atom stereocenters. The number of methoxy groups -OCH3 is 2. The third kappa shape index (κ3) is 5.04. The summed E-state index contributed by atoms with van der Waals surface area (Å²) in [6, 6.07) is 11.6. The molecule has 2 aromatic rings. The first kappa shape index (κ1) is 20.8. The molecule has 0 aliphatic rings. The van der Waals surface area contributed by atoms with Crippen LogP contribution in [0.4, 0.5) is 5.69 Å². The Morgan fingerprint density at radius 1 is 1.18 bits per heavy atom. The van der Waals surface area contributed by atoms with Gasteiger partial charge in [-0.2, -0.15) is 0 Å². The largest absolute Gasteiger partial charge is 0.496 e. The molecule has 0 bridgehead atoms. The number of benzene rings is 2. The maximum Gasteiger partial charge on any atom is 0.269 e. The van der Waals surface area contributed by atoms with Crippen LogP contribution in [0.1, 0.15) is 17.2 Å². The van der Waals surface area contributed by atoms with Gasteiger partial charge in [0.25, 0.3) is 11.6 Å². The van der Waals surface area contributed by atoms with Crippen LogP contribution in [0.5, 0.6) is 5.75 Å². The lowest BCUT2D eigenvalue weighted by Crippen LogP contribution is -2.47. The van der Waals surface area contributed by atoms with Gasteiger partial charge in [0.05, 0.1) is 12.0 Å². The summed E-state index contributed by atoms with van der Waals surface area (Å²) in [4.78, 5) is 35.0. The molecule has 2 atom stereocenters. The average molecular weight is 387 g/mol. The van der Waals surface area contributed by atoms with Gasteiger partial charge < -0.3 is 20.5 Å². The second-order valence-electron chi connectivity index (χ2n) is 5.95. The number of carbonyl (C=O) groups excluding carboxylic acids is 2. The van der Waals surface area contributed by atoms with E-state index < -0.39 is 28.9 Å². The van der Waals surface area contributed by atoms with E-state index in [0.717, 1.165) is 0 Å². The maximum absolute atomic E-state index is 12.6. The fraction of sp³-hybridized carbons (Fsp3) is 0.263. The topological polar surface area (TPSA) is 134 Å². The van der Waals surface area contributed by atoms with Crippen molar-refractivity contribution < 1.29 is 24.0 Å². The number of hydrogen-bond acceptors (Lipinski definition) is 6. The van der Waals surface area contributed by atoms with Gasteiger partial charge in [-0.25, -0.2) is 0 Å². The van der Waals surface area contributed by atoms with E-state index in [2.05, 4.69) is 5.32 Å². The van der Waals surface area contributed by atoms with E-state index in [1.165, 1.54) is 32.4 Å². The van der Waals surface area contributed by atoms with Gasteiger partial charge in [-0.1, -0.05) is 30.3 Å². The molecular formula is C19H21N3O6. The van der Waals surface area contributed by atoms with Crippen LogP contribution in [0.15, 0.2) is 48.5 Å². The fourth-order valence-electron chi connectivity index (χ4n) is 2.75. The quantitative estimate of drug-likeness (QED) is 0.495. The lowest BCUT2D eigenvalue weighted by Gasteiger charge is -2.21. The number of carbonyl (C=O) groups is 2. The molecule has 2 aromatic carbocycles. The molecule has 2 amide bonds. The molecule has 0 saturated carbocycles. The molecule has 9 heteroatoms. The highest BCUT2D eigenvalue weighted by molar-refractivity contribution is 5.89. The Balaban J connectivity index is 2.24. The highest BCUT2D eigenvalue weighted by Crippen LogP contribution is 2.25. The second-order valence-corrected chi connectivity index (χ2v) is 5.95. The smallest absolute Gasteiger partial charge is 0.269 e. The van der Waals surface area contributed by atoms with E-state index in [0.29, 0.717) is 16.9 Å². The molecule has 3 N–H and O–H groups in total. The predicted octanol–water partition coefficient (Wildman–Crippen LogP) is 1.50. The molecule has 9 nitrogen and oxygen atoms in total. The third-order valence-corrected chi connectivity index (χ3v) is 4.13. The summed E-state index contributed by atoms with van der Waals surface area (Å²) in [5.74, 6) is -0.996. The zero-order valence-electron chi connectivity index (χ0n) is 15.5. The van der Waals surface area contributed by atoms with Gasteiger partial charge in [-0.15, -0.1) is 0 Å². The first-order valence-corrected chi connectivity index (χ1v) is 8.36. The molecular weight excluding hydrogens is 366 g/mol. The molecule has 148 valence electrons. The van der Waals surface area contributed by atoms with Crippen LogP contribution in [-0.4, -0.2) is 37.0 Å². The van der Waals surface area contributed by atoms with Crippen molar-refractivity contribution in [2.45, 2.75) is 18.6 Å². The summed E-state index contributed by atoms with van der Waals surface area (Å²) < 4.78 is 10.4. The Labute approximate surface area is 161 Å². The van der Waals surface area contributed by atoms with Crippen LogP contribution < -0.4 is 15.8 Å². The predicted molar refractivity (Wildman–Crippen MR) is 101 cm³/mol. The van der Waals surface area contributed by atoms with Gasteiger partial charge in [-0.05, 0) is 11.6 Å². The van der Waals surface area contributed by atoms with Crippen LogP contribution in [-0.2, 0) is 20.7 Å². The molecule has 0 heterocycles. The standard InChI is InChI=1S/C19H21N3O6/c1-27-16-9-8-14(22(25)26)10-13(16)11-15(18(20)23)21-19(24)17(28-2)12-6-4-3-5-7-12/h3-10,15,17H,11H2,1-2H3,(H2,20,23)(H,21,24)/t15-,17-/m1/s1. The average Bonchev–Trinajstić information content (AvgIpc) is 2.68. The lowest BCUT2D eigenvalue weighted by atomic mass is 10.0. The lowest BCUT2D eigenvalue weighted by molar-refractivity contribution is -0.384. The van der Waals surface area contributed by atoms with Crippen molar-refractivity contribution in [3.05, 3.63) is 69.8 Å². The Morgan fingerprint density at radius 2 is 1.86 bits per heavy atom. The van der Waals surface area contributed by atoms with Crippen LogP contribution in [0.3, 0.4) is 0 Å². The summed E-state index contributed by atoms with van der Waals surface area (Å²) in [6.45, 7) is 0. The molecule has 2 rings (SSSR count). The number of nitrogens with two attached hydrogens (primary N) is 1. The summed E-state index contributed by atoms with van der Waals surface area (Å²) >= 11 is 0. The van der Waals surface area contributed by atoms with Crippen LogP contribution in [0, 0.1) is 10.1 Å². The first-order chi connectivity index (χ1) is 13.4. The zero-order chi connectivity index (χ0) is 20.7. The monoisotopic (exact) mass is 387 g/mol. The van der Waals surface area contributed by atoms with Gasteiger partial charge in [0, 0.05) is 31.2 Å². The molecule has 0 aliphatic carbocycles. The van der Waals surface area contributed by atoms with Gasteiger partial charge in [-0.3, -0.25) is 19.7 Å². The van der Waals surface area contributed by atoms with Gasteiger partial charge >= 0.3 is 0 Å². The van der Waals surface area contributed by atoms with Crippen molar-refractivity contribution in [1.82, 2.24) is 5.32 Å². The van der Waals surface area contributed by atoms with Crippen LogP contribution in [0.2, 0.25) is 0 Å². The van der Waals surface area contributed by atoms with Crippen molar-refractivity contribution >= 4 is 17.5 Å². The van der Waals surface area contributed by atoms with Crippen LogP contribution >= 0.6 is 0 Å². The van der Waals surface area contributed by atoms with Crippen molar-refractivity contribution in [2.24, 2.45) is 5.73 Å². The highest BCUT2D eigenvalue weighted by Gasteiger charge is 2.27. The Hall–Kier alpha value is -3.46. The minimum Gasteiger partial charge on any atom is -0.496 e. The van der Waals surface area contributed by atoms with Crippen molar-refractivity contribution in [2.75, 3.05) is 14.2 Å². The van der Waals surface area contributed by atoms with E-state index >= 15 is 0 Å². The van der Waals surface area contributed by atoms with Crippen molar-refractivity contribution in [1.29, 1.82) is 0 Å². The number of nitrogens with one attached hydrogen (secondary N) is 1. The normalized spacial score (nSPS) is 12.6. The zero-order valence-corrected chi connectivity index (χ0v) is 15.5. The van der Waals surface area contributed by atoms with Crippen molar-refractivity contribution in [3.8, 4) is 5.75 Å². The minimum absolute atomic E-state index is 0.0723. The number of non-ortho nitro benzene ring substituents is 1. The molecule has 0 aromatic heterocycles. The molecule has 0 fully saturated rings. The Morgan fingerprint density at radius 3 is 2.39 bits per heavy atom. The fourth-order valence-corrected chi connectivity index (χ4v) is 2.75. The molecule has 0 spiro atoms. The Kier molecular flexibility index (Phi) is 7.05. The molecule has 28 heavy (non-hydrogen) atoms. The number of hydrogen-bond donors (Lipinski definition) is 2.